The molecule has 2 fully saturated rings. The molecule has 1 aliphatic heterocycles. The van der Waals surface area contributed by atoms with Crippen LogP contribution in [0, 0.1) is 11.8 Å². The highest BCUT2D eigenvalue weighted by Gasteiger charge is 2.45. The Kier molecular flexibility index (Phi) is 2.27. The predicted octanol–water partition coefficient (Wildman–Crippen LogP) is 0.315. The Balaban J connectivity index is 0.000000148. The Morgan fingerprint density at radius 1 is 1.70 bits per heavy atom. The maximum atomic E-state index is 8.36. The van der Waals surface area contributed by atoms with Gasteiger partial charge in [0.25, 0.3) is 6.47 Å². The van der Waals surface area contributed by atoms with Crippen LogP contribution in [-0.2, 0) is 4.79 Å². The van der Waals surface area contributed by atoms with Gasteiger partial charge in [-0.1, -0.05) is 0 Å². The molecule has 0 amide bonds. The normalized spacial score (nSPS) is 41.1. The van der Waals surface area contributed by atoms with Crippen molar-refractivity contribution in [3.63, 3.8) is 0 Å². The largest absolute Gasteiger partial charge is 0.483 e. The Morgan fingerprint density at radius 3 is 2.40 bits per heavy atom. The van der Waals surface area contributed by atoms with Crippen LogP contribution in [0.2, 0.25) is 0 Å². The minimum Gasteiger partial charge on any atom is -0.483 e. The van der Waals surface area contributed by atoms with Gasteiger partial charge in [0.2, 0.25) is 0 Å². The zero-order chi connectivity index (χ0) is 7.56. The Bertz CT molecular complexity index is 127. The lowest BCUT2D eigenvalue weighted by molar-refractivity contribution is -0.122. The molecule has 3 nitrogen and oxygen atoms in total. The zero-order valence-corrected chi connectivity index (χ0v) is 6.08. The van der Waals surface area contributed by atoms with Crippen LogP contribution >= 0.6 is 0 Å². The number of piperidine rings is 1. The number of carboxylic acid groups (broad SMARTS) is 1. The molecule has 2 rings (SSSR count). The van der Waals surface area contributed by atoms with E-state index >= 15 is 0 Å². The molecule has 0 bridgehead atoms. The van der Waals surface area contributed by atoms with Crippen molar-refractivity contribution in [1.29, 1.82) is 0 Å². The van der Waals surface area contributed by atoms with Gasteiger partial charge in [0.05, 0.1) is 0 Å². The van der Waals surface area contributed by atoms with Crippen molar-refractivity contribution >= 4 is 6.47 Å². The lowest BCUT2D eigenvalue weighted by Gasteiger charge is -2.01. The maximum Gasteiger partial charge on any atom is 0.290 e. The number of rotatable bonds is 0. The van der Waals surface area contributed by atoms with E-state index in [1.54, 1.807) is 0 Å². The molecule has 0 aromatic heterocycles. The number of nitrogens with one attached hydrogen (secondary N) is 1. The van der Waals surface area contributed by atoms with Crippen molar-refractivity contribution in [1.82, 2.24) is 5.32 Å². The molecule has 1 aliphatic carbocycles. The monoisotopic (exact) mass is 143 g/mol. The molecule has 3 heteroatoms. The van der Waals surface area contributed by atoms with Gasteiger partial charge < -0.3 is 10.4 Å². The van der Waals surface area contributed by atoms with Gasteiger partial charge in [-0.05, 0) is 31.7 Å². The second-order valence-electron chi connectivity index (χ2n) is 2.96. The first-order valence-electron chi connectivity index (χ1n) is 3.60. The summed E-state index contributed by atoms with van der Waals surface area (Å²) >= 11 is 0. The fraction of sp³-hybridized carbons (Fsp3) is 0.857. The van der Waals surface area contributed by atoms with Gasteiger partial charge in [-0.25, -0.2) is 0 Å². The molecule has 0 aromatic carbocycles. The summed E-state index contributed by atoms with van der Waals surface area (Å²) in [7, 11) is 0. The third kappa shape index (κ3) is 1.48. The van der Waals surface area contributed by atoms with E-state index in [0.717, 1.165) is 17.9 Å². The molecule has 58 valence electrons. The Morgan fingerprint density at radius 2 is 2.30 bits per heavy atom. The third-order valence-corrected chi connectivity index (χ3v) is 2.32. The van der Waals surface area contributed by atoms with Gasteiger partial charge in [-0.2, -0.15) is 0 Å². The molecule has 3 atom stereocenters. The van der Waals surface area contributed by atoms with Crippen molar-refractivity contribution in [3.05, 3.63) is 0 Å². The first-order chi connectivity index (χ1) is 4.79. The smallest absolute Gasteiger partial charge is 0.290 e. The van der Waals surface area contributed by atoms with E-state index in [1.807, 2.05) is 0 Å². The van der Waals surface area contributed by atoms with E-state index in [4.69, 9.17) is 9.90 Å². The summed E-state index contributed by atoms with van der Waals surface area (Å²) < 4.78 is 0. The number of hydrogen-bond acceptors (Lipinski definition) is 2. The van der Waals surface area contributed by atoms with Gasteiger partial charge in [0.15, 0.2) is 0 Å². The summed E-state index contributed by atoms with van der Waals surface area (Å²) in [5.41, 5.74) is 0. The van der Waals surface area contributed by atoms with Crippen molar-refractivity contribution in [2.75, 3.05) is 6.54 Å². The van der Waals surface area contributed by atoms with E-state index in [1.165, 1.54) is 13.0 Å². The molecule has 1 saturated carbocycles. The van der Waals surface area contributed by atoms with Crippen LogP contribution in [0.3, 0.4) is 0 Å². The van der Waals surface area contributed by atoms with E-state index < -0.39 is 0 Å². The van der Waals surface area contributed by atoms with Crippen LogP contribution in [0.4, 0.5) is 0 Å². The van der Waals surface area contributed by atoms with Crippen molar-refractivity contribution < 1.29 is 9.90 Å². The summed E-state index contributed by atoms with van der Waals surface area (Å²) in [6.07, 6.45) is 1.51. The van der Waals surface area contributed by atoms with Crippen LogP contribution in [0.1, 0.15) is 13.3 Å². The summed E-state index contributed by atoms with van der Waals surface area (Å²) in [5.74, 6) is 2.15. The zero-order valence-electron chi connectivity index (χ0n) is 6.08. The highest BCUT2D eigenvalue weighted by atomic mass is 16.3. The molecule has 0 spiro atoms. The quantitative estimate of drug-likeness (QED) is 0.480. The van der Waals surface area contributed by atoms with Crippen molar-refractivity contribution in [2.24, 2.45) is 11.8 Å². The first-order valence-corrected chi connectivity index (χ1v) is 3.60. The van der Waals surface area contributed by atoms with Gasteiger partial charge in [-0.3, -0.25) is 4.79 Å². The standard InChI is InChI=1S/C6H11N.CH2O2/c1-4-6-2-5(6)3-7-4;2-1-3/h4-7H,2-3H2,1H3;1H,(H,2,3). The van der Waals surface area contributed by atoms with Crippen LogP contribution < -0.4 is 5.32 Å². The van der Waals surface area contributed by atoms with E-state index in [2.05, 4.69) is 12.2 Å². The first kappa shape index (κ1) is 7.54. The van der Waals surface area contributed by atoms with Gasteiger partial charge in [0, 0.05) is 6.04 Å². The van der Waals surface area contributed by atoms with Gasteiger partial charge >= 0.3 is 0 Å². The van der Waals surface area contributed by atoms with E-state index in [9.17, 15) is 0 Å². The van der Waals surface area contributed by atoms with Crippen LogP contribution in [0.15, 0.2) is 0 Å². The summed E-state index contributed by atoms with van der Waals surface area (Å²) in [5, 5.41) is 10.3. The Hall–Kier alpha value is -0.570. The topological polar surface area (TPSA) is 49.3 Å². The van der Waals surface area contributed by atoms with Crippen LogP contribution in [0.5, 0.6) is 0 Å². The summed E-state index contributed by atoms with van der Waals surface area (Å²) in [4.78, 5) is 8.36. The lowest BCUT2D eigenvalue weighted by Crippen LogP contribution is -2.21. The second-order valence-corrected chi connectivity index (χ2v) is 2.96. The number of fused-ring (bicyclic) bond motifs is 1. The molecular weight excluding hydrogens is 130 g/mol. The molecular formula is C7H13NO2. The molecule has 1 heterocycles. The van der Waals surface area contributed by atoms with Crippen molar-refractivity contribution in [3.8, 4) is 0 Å². The van der Waals surface area contributed by atoms with Crippen LogP contribution in [-0.4, -0.2) is 24.2 Å². The molecule has 2 aliphatic rings. The minimum atomic E-state index is -0.250. The minimum absolute atomic E-state index is 0.250. The van der Waals surface area contributed by atoms with Crippen LogP contribution in [0.25, 0.3) is 0 Å². The SMILES string of the molecule is CC1NCC2CC21.O=CO. The van der Waals surface area contributed by atoms with Gasteiger partial charge in [-0.15, -0.1) is 0 Å². The second kappa shape index (κ2) is 3.01. The predicted molar refractivity (Wildman–Crippen MR) is 37.8 cm³/mol. The highest BCUT2D eigenvalue weighted by Crippen LogP contribution is 2.44. The number of carbonyl (C=O) groups is 1. The lowest BCUT2D eigenvalue weighted by atomic mass is 10.2. The van der Waals surface area contributed by atoms with Crippen molar-refractivity contribution in [2.45, 2.75) is 19.4 Å². The fourth-order valence-corrected chi connectivity index (χ4v) is 1.61. The highest BCUT2D eigenvalue weighted by molar-refractivity contribution is 5.32. The summed E-state index contributed by atoms with van der Waals surface area (Å²) in [6.45, 7) is 3.34. The molecule has 2 N–H and O–H groups in total. The molecule has 0 radical (unpaired) electrons. The average molecular weight is 143 g/mol. The van der Waals surface area contributed by atoms with E-state index in [-0.39, 0.29) is 6.47 Å². The third-order valence-electron chi connectivity index (χ3n) is 2.32. The van der Waals surface area contributed by atoms with Gasteiger partial charge in [0.1, 0.15) is 0 Å². The van der Waals surface area contributed by atoms with E-state index in [0.29, 0.717) is 0 Å². The average Bonchev–Trinajstić information content (AvgIpc) is 2.57. The number of hydrogen-bond donors (Lipinski definition) is 2. The molecule has 10 heavy (non-hydrogen) atoms. The molecule has 3 unspecified atom stereocenters. The summed E-state index contributed by atoms with van der Waals surface area (Å²) in [6, 6.07) is 0.838. The Labute approximate surface area is 60.4 Å². The molecule has 0 aromatic rings. The molecule has 1 saturated heterocycles. The maximum absolute atomic E-state index is 8.36. The fourth-order valence-electron chi connectivity index (χ4n) is 1.61.